The Kier molecular flexibility index (Phi) is 4.24. The highest BCUT2D eigenvalue weighted by molar-refractivity contribution is 5.04. The van der Waals surface area contributed by atoms with Gasteiger partial charge >= 0.3 is 0 Å². The summed E-state index contributed by atoms with van der Waals surface area (Å²) in [6, 6.07) is 4.32. The molecule has 0 spiro atoms. The minimum absolute atomic E-state index is 0.0545. The Hall–Kier alpha value is -0.800. The number of likely N-dealkylation sites (N-methyl/N-ethyl adjacent to an activating group) is 1. The molecule has 3 nitrogen and oxygen atoms in total. The van der Waals surface area contributed by atoms with Crippen LogP contribution in [0.1, 0.15) is 38.9 Å². The molecule has 1 fully saturated rings. The molecule has 3 heteroatoms. The van der Waals surface area contributed by atoms with Crippen LogP contribution in [0.25, 0.3) is 0 Å². The first-order valence-corrected chi connectivity index (χ1v) is 6.64. The van der Waals surface area contributed by atoms with E-state index in [-0.39, 0.29) is 5.60 Å². The van der Waals surface area contributed by atoms with Crippen molar-refractivity contribution in [1.29, 1.82) is 0 Å². The quantitative estimate of drug-likeness (QED) is 0.855. The Morgan fingerprint density at radius 2 is 2.35 bits per heavy atom. The van der Waals surface area contributed by atoms with Crippen molar-refractivity contribution in [2.45, 2.75) is 51.2 Å². The lowest BCUT2D eigenvalue weighted by atomic mass is 9.86. The van der Waals surface area contributed by atoms with Crippen LogP contribution in [0.2, 0.25) is 0 Å². The van der Waals surface area contributed by atoms with Gasteiger partial charge in [0.2, 0.25) is 0 Å². The molecule has 0 radical (unpaired) electrons. The fourth-order valence-electron chi connectivity index (χ4n) is 2.61. The van der Waals surface area contributed by atoms with E-state index in [4.69, 9.17) is 9.15 Å². The van der Waals surface area contributed by atoms with E-state index >= 15 is 0 Å². The minimum atomic E-state index is -0.0545. The van der Waals surface area contributed by atoms with Crippen LogP contribution < -0.4 is 5.32 Å². The molecule has 2 heterocycles. The Morgan fingerprint density at radius 1 is 1.47 bits per heavy atom. The molecule has 2 atom stereocenters. The fourth-order valence-corrected chi connectivity index (χ4v) is 2.61. The van der Waals surface area contributed by atoms with Crippen molar-refractivity contribution in [2.75, 3.05) is 13.2 Å². The van der Waals surface area contributed by atoms with Crippen molar-refractivity contribution in [3.8, 4) is 0 Å². The van der Waals surface area contributed by atoms with Gasteiger partial charge in [0.1, 0.15) is 5.76 Å². The van der Waals surface area contributed by atoms with Crippen LogP contribution in [0.5, 0.6) is 0 Å². The lowest BCUT2D eigenvalue weighted by molar-refractivity contribution is -0.0888. The second kappa shape index (κ2) is 5.69. The molecular weight excluding hydrogens is 214 g/mol. The standard InChI is InChI=1S/C14H23NO2/c1-3-15-13(11-12-7-6-9-16-12)14(2)8-4-5-10-17-14/h6-7,9,13,15H,3-5,8,10-11H2,1-2H3. The average molecular weight is 237 g/mol. The van der Waals surface area contributed by atoms with Gasteiger partial charge in [-0.2, -0.15) is 0 Å². The maximum absolute atomic E-state index is 6.02. The van der Waals surface area contributed by atoms with Gasteiger partial charge < -0.3 is 14.5 Å². The maximum Gasteiger partial charge on any atom is 0.105 e. The zero-order chi connectivity index (χ0) is 12.1. The topological polar surface area (TPSA) is 34.4 Å². The molecule has 2 unspecified atom stereocenters. The fraction of sp³-hybridized carbons (Fsp3) is 0.714. The zero-order valence-corrected chi connectivity index (χ0v) is 10.9. The van der Waals surface area contributed by atoms with Crippen LogP contribution in [0, 0.1) is 0 Å². The molecule has 0 amide bonds. The molecule has 1 aliphatic rings. The lowest BCUT2D eigenvalue weighted by Gasteiger charge is -2.40. The van der Waals surface area contributed by atoms with Gasteiger partial charge in [0, 0.05) is 19.1 Å². The Labute approximate surface area is 104 Å². The minimum Gasteiger partial charge on any atom is -0.469 e. The van der Waals surface area contributed by atoms with E-state index in [9.17, 15) is 0 Å². The molecule has 1 N–H and O–H groups in total. The van der Waals surface area contributed by atoms with Gasteiger partial charge in [-0.3, -0.25) is 0 Å². The first-order chi connectivity index (χ1) is 8.24. The monoisotopic (exact) mass is 237 g/mol. The Balaban J connectivity index is 2.04. The predicted octanol–water partition coefficient (Wildman–Crippen LogP) is 2.76. The second-order valence-electron chi connectivity index (χ2n) is 5.01. The summed E-state index contributed by atoms with van der Waals surface area (Å²) in [6.45, 7) is 6.21. The summed E-state index contributed by atoms with van der Waals surface area (Å²) in [6.07, 6.45) is 6.22. The van der Waals surface area contributed by atoms with Crippen molar-refractivity contribution in [2.24, 2.45) is 0 Å². The summed E-state index contributed by atoms with van der Waals surface area (Å²) in [4.78, 5) is 0. The largest absolute Gasteiger partial charge is 0.469 e. The average Bonchev–Trinajstić information content (AvgIpc) is 2.82. The highest BCUT2D eigenvalue weighted by Gasteiger charge is 2.36. The molecule has 1 aromatic rings. The van der Waals surface area contributed by atoms with Crippen LogP contribution in [0.15, 0.2) is 22.8 Å². The SMILES string of the molecule is CCNC(Cc1ccco1)C1(C)CCCCO1. The van der Waals surface area contributed by atoms with Gasteiger partial charge in [-0.05, 0) is 44.9 Å². The number of rotatable bonds is 5. The van der Waals surface area contributed by atoms with Gasteiger partial charge in [-0.1, -0.05) is 6.92 Å². The number of nitrogens with one attached hydrogen (secondary N) is 1. The van der Waals surface area contributed by atoms with Crippen molar-refractivity contribution in [3.63, 3.8) is 0 Å². The van der Waals surface area contributed by atoms with Crippen LogP contribution in [0.4, 0.5) is 0 Å². The highest BCUT2D eigenvalue weighted by Crippen LogP contribution is 2.29. The van der Waals surface area contributed by atoms with Crippen molar-refractivity contribution in [1.82, 2.24) is 5.32 Å². The Morgan fingerprint density at radius 3 is 2.94 bits per heavy atom. The van der Waals surface area contributed by atoms with Crippen LogP contribution >= 0.6 is 0 Å². The number of hydrogen-bond acceptors (Lipinski definition) is 3. The van der Waals surface area contributed by atoms with Crippen molar-refractivity contribution >= 4 is 0 Å². The summed E-state index contributed by atoms with van der Waals surface area (Å²) < 4.78 is 11.5. The number of ether oxygens (including phenoxy) is 1. The smallest absolute Gasteiger partial charge is 0.105 e. The first-order valence-electron chi connectivity index (χ1n) is 6.64. The van der Waals surface area contributed by atoms with Crippen LogP contribution in [0.3, 0.4) is 0 Å². The van der Waals surface area contributed by atoms with Crippen LogP contribution in [-0.4, -0.2) is 24.8 Å². The van der Waals surface area contributed by atoms with Gasteiger partial charge in [0.25, 0.3) is 0 Å². The van der Waals surface area contributed by atoms with E-state index in [1.807, 2.05) is 12.1 Å². The number of furan rings is 1. The summed E-state index contributed by atoms with van der Waals surface area (Å²) >= 11 is 0. The second-order valence-corrected chi connectivity index (χ2v) is 5.01. The van der Waals surface area contributed by atoms with Crippen LogP contribution in [-0.2, 0) is 11.2 Å². The molecule has 0 saturated carbocycles. The third kappa shape index (κ3) is 3.11. The van der Waals surface area contributed by atoms with Gasteiger partial charge in [0.05, 0.1) is 11.9 Å². The molecule has 0 bridgehead atoms. The molecule has 1 aromatic heterocycles. The third-order valence-corrected chi connectivity index (χ3v) is 3.67. The molecule has 96 valence electrons. The van der Waals surface area contributed by atoms with Gasteiger partial charge in [0.15, 0.2) is 0 Å². The third-order valence-electron chi connectivity index (χ3n) is 3.67. The van der Waals surface area contributed by atoms with E-state index < -0.39 is 0 Å². The first kappa shape index (κ1) is 12.7. The lowest BCUT2D eigenvalue weighted by Crippen LogP contribution is -2.53. The van der Waals surface area contributed by atoms with Crippen molar-refractivity contribution < 1.29 is 9.15 Å². The highest BCUT2D eigenvalue weighted by atomic mass is 16.5. The maximum atomic E-state index is 6.02. The van der Waals surface area contributed by atoms with Gasteiger partial charge in [-0.15, -0.1) is 0 Å². The zero-order valence-electron chi connectivity index (χ0n) is 10.9. The van der Waals surface area contributed by atoms with Gasteiger partial charge in [-0.25, -0.2) is 0 Å². The molecule has 2 rings (SSSR count). The summed E-state index contributed by atoms with van der Waals surface area (Å²) in [5.41, 5.74) is -0.0545. The molecule has 1 saturated heterocycles. The van der Waals surface area contributed by atoms with E-state index in [0.717, 1.165) is 31.8 Å². The van der Waals surface area contributed by atoms with E-state index in [2.05, 4.69) is 19.2 Å². The molecule has 17 heavy (non-hydrogen) atoms. The van der Waals surface area contributed by atoms with E-state index in [0.29, 0.717) is 6.04 Å². The molecule has 0 aliphatic carbocycles. The normalized spacial score (nSPS) is 26.9. The summed E-state index contributed by atoms with van der Waals surface area (Å²) in [7, 11) is 0. The van der Waals surface area contributed by atoms with E-state index in [1.54, 1.807) is 6.26 Å². The molecule has 1 aliphatic heterocycles. The predicted molar refractivity (Wildman–Crippen MR) is 68.1 cm³/mol. The molecule has 0 aromatic carbocycles. The molecular formula is C14H23NO2. The summed E-state index contributed by atoms with van der Waals surface area (Å²) in [5.74, 6) is 1.03. The summed E-state index contributed by atoms with van der Waals surface area (Å²) in [5, 5.41) is 3.55. The Bertz CT molecular complexity index is 315. The van der Waals surface area contributed by atoms with Crippen molar-refractivity contribution in [3.05, 3.63) is 24.2 Å². The van der Waals surface area contributed by atoms with E-state index in [1.165, 1.54) is 12.8 Å². The number of hydrogen-bond donors (Lipinski definition) is 1.